The second-order valence-corrected chi connectivity index (χ2v) is 8.03. The van der Waals surface area contributed by atoms with Crippen molar-refractivity contribution in [2.24, 2.45) is 5.41 Å². The highest BCUT2D eigenvalue weighted by atomic mass is 16.5. The van der Waals surface area contributed by atoms with Crippen molar-refractivity contribution < 1.29 is 19.1 Å². The number of ether oxygens (including phenoxy) is 2. The standard InChI is InChI=1S/C23H26N2O4/c1-23-14-25(12-17-18(28-3)10-7-11-19(17)29-4)13-20(23)24(2)22(27)16-9-6-5-8-15(16)21(23)26/h5-11,20H,12-14H2,1-4H3/t20-,23+/m1/s1. The van der Waals surface area contributed by atoms with Crippen molar-refractivity contribution in [1.29, 1.82) is 0 Å². The molecule has 6 nitrogen and oxygen atoms in total. The molecule has 1 amide bonds. The summed E-state index contributed by atoms with van der Waals surface area (Å²) in [5, 5.41) is 0. The molecule has 2 aromatic rings. The smallest absolute Gasteiger partial charge is 0.254 e. The number of Topliss-reactive ketones (excluding diaryl/α,β-unsaturated/α-hetero) is 1. The average molecular weight is 394 g/mol. The summed E-state index contributed by atoms with van der Waals surface area (Å²) in [7, 11) is 5.08. The van der Waals surface area contributed by atoms with Crippen molar-refractivity contribution in [1.82, 2.24) is 9.80 Å². The molecule has 2 aliphatic heterocycles. The van der Waals surface area contributed by atoms with E-state index in [0.29, 0.717) is 30.8 Å². The monoisotopic (exact) mass is 394 g/mol. The summed E-state index contributed by atoms with van der Waals surface area (Å²) in [6.45, 7) is 3.73. The van der Waals surface area contributed by atoms with Crippen LogP contribution in [0.1, 0.15) is 33.2 Å². The minimum absolute atomic E-state index is 0.0327. The number of carbonyl (C=O) groups excluding carboxylic acids is 2. The molecular weight excluding hydrogens is 368 g/mol. The third kappa shape index (κ3) is 2.99. The quantitative estimate of drug-likeness (QED) is 0.798. The first-order chi connectivity index (χ1) is 13.9. The van der Waals surface area contributed by atoms with Crippen LogP contribution in [0.25, 0.3) is 0 Å². The number of likely N-dealkylation sites (tertiary alicyclic amines) is 1. The van der Waals surface area contributed by atoms with Crippen LogP contribution < -0.4 is 9.47 Å². The molecule has 6 heteroatoms. The van der Waals surface area contributed by atoms with Crippen molar-refractivity contribution in [3.8, 4) is 11.5 Å². The minimum Gasteiger partial charge on any atom is -0.496 e. The highest BCUT2D eigenvalue weighted by Crippen LogP contribution is 2.42. The molecule has 2 atom stereocenters. The Labute approximate surface area is 171 Å². The summed E-state index contributed by atoms with van der Waals surface area (Å²) in [5.74, 6) is 1.44. The predicted octanol–water partition coefficient (Wildman–Crippen LogP) is 2.86. The Hall–Kier alpha value is -2.86. The normalized spacial score (nSPS) is 24.1. The van der Waals surface area contributed by atoms with Gasteiger partial charge >= 0.3 is 0 Å². The lowest BCUT2D eigenvalue weighted by molar-refractivity contribution is 0.0606. The number of ketones is 1. The number of hydrogen-bond acceptors (Lipinski definition) is 5. The molecule has 4 rings (SSSR count). The van der Waals surface area contributed by atoms with Crippen LogP contribution in [0.3, 0.4) is 0 Å². The van der Waals surface area contributed by atoms with Crippen LogP contribution in [0.15, 0.2) is 42.5 Å². The van der Waals surface area contributed by atoms with Gasteiger partial charge in [-0.3, -0.25) is 14.5 Å². The first-order valence-electron chi connectivity index (χ1n) is 9.74. The van der Waals surface area contributed by atoms with E-state index < -0.39 is 5.41 Å². The van der Waals surface area contributed by atoms with Crippen molar-refractivity contribution in [3.05, 3.63) is 59.2 Å². The maximum absolute atomic E-state index is 13.5. The van der Waals surface area contributed by atoms with Gasteiger partial charge in [0.25, 0.3) is 5.91 Å². The summed E-state index contributed by atoms with van der Waals surface area (Å²) in [5.41, 5.74) is 1.28. The van der Waals surface area contributed by atoms with Gasteiger partial charge in [-0.2, -0.15) is 0 Å². The molecule has 2 heterocycles. The third-order valence-corrected chi connectivity index (χ3v) is 6.34. The number of benzene rings is 2. The molecule has 0 aromatic heterocycles. The predicted molar refractivity (Wildman–Crippen MR) is 110 cm³/mol. The molecular formula is C23H26N2O4. The van der Waals surface area contributed by atoms with Crippen LogP contribution in [-0.4, -0.2) is 61.9 Å². The van der Waals surface area contributed by atoms with Gasteiger partial charge in [0.1, 0.15) is 11.5 Å². The van der Waals surface area contributed by atoms with E-state index in [1.165, 1.54) is 0 Å². The van der Waals surface area contributed by atoms with Crippen LogP contribution in [0.4, 0.5) is 0 Å². The van der Waals surface area contributed by atoms with Crippen LogP contribution in [0.5, 0.6) is 11.5 Å². The van der Waals surface area contributed by atoms with Gasteiger partial charge in [-0.05, 0) is 25.1 Å². The van der Waals surface area contributed by atoms with Crippen molar-refractivity contribution in [2.75, 3.05) is 34.4 Å². The van der Waals surface area contributed by atoms with Crippen LogP contribution in [0.2, 0.25) is 0 Å². The molecule has 0 unspecified atom stereocenters. The summed E-state index contributed by atoms with van der Waals surface area (Å²) < 4.78 is 11.1. The van der Waals surface area contributed by atoms with E-state index in [1.807, 2.05) is 37.3 Å². The lowest BCUT2D eigenvalue weighted by Gasteiger charge is -2.32. The number of methoxy groups -OCH3 is 2. The summed E-state index contributed by atoms with van der Waals surface area (Å²) in [6, 6.07) is 12.6. The number of likely N-dealkylation sites (N-methyl/N-ethyl adjacent to an activating group) is 1. The Morgan fingerprint density at radius 2 is 1.62 bits per heavy atom. The van der Waals surface area contributed by atoms with E-state index in [9.17, 15) is 9.59 Å². The second-order valence-electron chi connectivity index (χ2n) is 8.03. The Kier molecular flexibility index (Phi) is 4.82. The van der Waals surface area contributed by atoms with E-state index in [1.54, 1.807) is 38.3 Å². The molecule has 29 heavy (non-hydrogen) atoms. The Bertz CT molecular complexity index is 951. The average Bonchev–Trinajstić information content (AvgIpc) is 3.07. The molecule has 0 bridgehead atoms. The zero-order valence-corrected chi connectivity index (χ0v) is 17.3. The van der Waals surface area contributed by atoms with Gasteiger partial charge in [-0.1, -0.05) is 24.3 Å². The fourth-order valence-corrected chi connectivity index (χ4v) is 4.79. The van der Waals surface area contributed by atoms with Crippen LogP contribution in [-0.2, 0) is 6.54 Å². The van der Waals surface area contributed by atoms with Gasteiger partial charge in [-0.25, -0.2) is 0 Å². The van der Waals surface area contributed by atoms with Gasteiger partial charge < -0.3 is 14.4 Å². The van der Waals surface area contributed by atoms with Gasteiger partial charge in [0, 0.05) is 32.2 Å². The Morgan fingerprint density at radius 3 is 2.24 bits per heavy atom. The minimum atomic E-state index is -0.674. The summed E-state index contributed by atoms with van der Waals surface area (Å²) in [6.07, 6.45) is 0. The maximum atomic E-state index is 13.5. The molecule has 0 radical (unpaired) electrons. The summed E-state index contributed by atoms with van der Waals surface area (Å²) in [4.78, 5) is 30.5. The van der Waals surface area contributed by atoms with E-state index in [0.717, 1.165) is 17.1 Å². The molecule has 1 saturated heterocycles. The number of carbonyl (C=O) groups is 2. The van der Waals surface area contributed by atoms with Crippen LogP contribution >= 0.6 is 0 Å². The molecule has 0 saturated carbocycles. The maximum Gasteiger partial charge on any atom is 0.254 e. The molecule has 0 spiro atoms. The van der Waals surface area contributed by atoms with Crippen molar-refractivity contribution in [3.63, 3.8) is 0 Å². The Balaban J connectivity index is 1.70. The first-order valence-corrected chi connectivity index (χ1v) is 9.74. The van der Waals surface area contributed by atoms with Gasteiger partial charge in [-0.15, -0.1) is 0 Å². The zero-order valence-electron chi connectivity index (χ0n) is 17.3. The van der Waals surface area contributed by atoms with Gasteiger partial charge in [0.05, 0.1) is 36.8 Å². The second kappa shape index (κ2) is 7.19. The van der Waals surface area contributed by atoms with E-state index in [4.69, 9.17) is 9.47 Å². The fraction of sp³-hybridized carbons (Fsp3) is 0.391. The number of amides is 1. The topological polar surface area (TPSA) is 59.1 Å². The van der Waals surface area contributed by atoms with Crippen molar-refractivity contribution >= 4 is 11.7 Å². The van der Waals surface area contributed by atoms with E-state index in [2.05, 4.69) is 4.90 Å². The first kappa shape index (κ1) is 19.5. The highest BCUT2D eigenvalue weighted by molar-refractivity contribution is 6.12. The number of fused-ring (bicyclic) bond motifs is 2. The molecule has 0 aliphatic carbocycles. The number of rotatable bonds is 4. The molecule has 152 valence electrons. The lowest BCUT2D eigenvalue weighted by atomic mass is 9.78. The van der Waals surface area contributed by atoms with Crippen LogP contribution in [0, 0.1) is 5.41 Å². The Morgan fingerprint density at radius 1 is 1.00 bits per heavy atom. The fourth-order valence-electron chi connectivity index (χ4n) is 4.79. The number of nitrogens with zero attached hydrogens (tertiary/aromatic N) is 2. The van der Waals surface area contributed by atoms with E-state index >= 15 is 0 Å². The third-order valence-electron chi connectivity index (χ3n) is 6.34. The van der Waals surface area contributed by atoms with Gasteiger partial charge in [0.2, 0.25) is 0 Å². The molecule has 2 aliphatic rings. The van der Waals surface area contributed by atoms with Gasteiger partial charge in [0.15, 0.2) is 5.78 Å². The largest absolute Gasteiger partial charge is 0.496 e. The SMILES string of the molecule is COc1cccc(OC)c1CN1C[C@H]2N(C)C(=O)c3ccccc3C(=O)[C@@]2(C)C1. The van der Waals surface area contributed by atoms with Crippen molar-refractivity contribution in [2.45, 2.75) is 19.5 Å². The number of hydrogen-bond donors (Lipinski definition) is 0. The molecule has 2 aromatic carbocycles. The highest BCUT2D eigenvalue weighted by Gasteiger charge is 2.53. The lowest BCUT2D eigenvalue weighted by Crippen LogP contribution is -2.47. The van der Waals surface area contributed by atoms with E-state index in [-0.39, 0.29) is 17.7 Å². The molecule has 1 fully saturated rings. The molecule has 0 N–H and O–H groups in total. The zero-order chi connectivity index (χ0) is 20.8. The summed E-state index contributed by atoms with van der Waals surface area (Å²) >= 11 is 0.